The van der Waals surface area contributed by atoms with Crippen molar-refractivity contribution in [3.05, 3.63) is 18.3 Å². The van der Waals surface area contributed by atoms with E-state index in [0.717, 1.165) is 0 Å². The summed E-state index contributed by atoms with van der Waals surface area (Å²) in [6, 6.07) is 3.05. The van der Waals surface area contributed by atoms with Crippen molar-refractivity contribution in [3.63, 3.8) is 0 Å². The van der Waals surface area contributed by atoms with E-state index in [1.54, 1.807) is 6.07 Å². The molecule has 0 aliphatic heterocycles. The van der Waals surface area contributed by atoms with Gasteiger partial charge in [0.15, 0.2) is 11.0 Å². The molecule has 0 amide bonds. The first kappa shape index (κ1) is 9.94. The first-order valence-corrected chi connectivity index (χ1v) is 5.15. The van der Waals surface area contributed by atoms with E-state index in [1.807, 2.05) is 0 Å². The lowest BCUT2D eigenvalue weighted by molar-refractivity contribution is 0.249. The zero-order valence-electron chi connectivity index (χ0n) is 7.10. The molecule has 0 atom stereocenters. The number of rotatable bonds is 3. The molecule has 0 saturated heterocycles. The van der Waals surface area contributed by atoms with Crippen LogP contribution in [-0.4, -0.2) is 26.5 Å². The van der Waals surface area contributed by atoms with Gasteiger partial charge in [-0.3, -0.25) is 0 Å². The van der Waals surface area contributed by atoms with Gasteiger partial charge in [-0.2, -0.15) is 0 Å². The summed E-state index contributed by atoms with van der Waals surface area (Å²) in [4.78, 5) is 3.68. The Morgan fingerprint density at radius 3 is 2.85 bits per heavy atom. The summed E-state index contributed by atoms with van der Waals surface area (Å²) in [5.74, 6) is -0.409. The third-order valence-corrected chi connectivity index (χ3v) is 2.84. The minimum absolute atomic E-state index is 0.128. The molecule has 0 spiro atoms. The third-order valence-electron chi connectivity index (χ3n) is 1.37. The minimum Gasteiger partial charge on any atom is -0.396 e. The van der Waals surface area contributed by atoms with E-state index in [-0.39, 0.29) is 10.7 Å². The summed E-state index contributed by atoms with van der Waals surface area (Å²) in [5, 5.41) is -0.128. The van der Waals surface area contributed by atoms with Crippen LogP contribution in [-0.2, 0) is 14.6 Å². The lowest BCUT2D eigenvalue weighted by Gasteiger charge is -2.03. The van der Waals surface area contributed by atoms with Gasteiger partial charge in [0.2, 0.25) is 9.84 Å². The smallest absolute Gasteiger partial charge is 0.221 e. The van der Waals surface area contributed by atoms with Gasteiger partial charge < -0.3 is 10.5 Å². The number of aromatic nitrogens is 1. The molecule has 1 heterocycles. The Morgan fingerprint density at radius 1 is 1.62 bits per heavy atom. The van der Waals surface area contributed by atoms with Crippen molar-refractivity contribution in [2.75, 3.05) is 18.8 Å². The number of hydrogen-bond acceptors (Lipinski definition) is 5. The fraction of sp³-hybridized carbons (Fsp3) is 0.286. The molecule has 6 heteroatoms. The van der Waals surface area contributed by atoms with Crippen molar-refractivity contribution in [3.8, 4) is 0 Å². The molecule has 0 bridgehead atoms. The molecule has 1 rings (SSSR count). The molecule has 0 unspecified atom stereocenters. The Morgan fingerprint density at radius 2 is 2.31 bits per heavy atom. The molecular weight excluding hydrogens is 192 g/mol. The maximum Gasteiger partial charge on any atom is 0.221 e. The minimum atomic E-state index is -3.50. The van der Waals surface area contributed by atoms with Crippen LogP contribution in [0.2, 0.25) is 0 Å². The van der Waals surface area contributed by atoms with Crippen LogP contribution in [0, 0.1) is 0 Å². The second-order valence-electron chi connectivity index (χ2n) is 2.42. The second-order valence-corrected chi connectivity index (χ2v) is 4.27. The van der Waals surface area contributed by atoms with Crippen molar-refractivity contribution >= 4 is 15.5 Å². The van der Waals surface area contributed by atoms with Crippen molar-refractivity contribution in [2.45, 2.75) is 5.03 Å². The molecule has 5 nitrogen and oxygen atoms in total. The number of nitrogens with two attached hydrogens (primary N) is 1. The third kappa shape index (κ3) is 2.16. The number of methoxy groups -OCH3 is 1. The Labute approximate surface area is 76.5 Å². The normalized spacial score (nSPS) is 11.5. The first-order chi connectivity index (χ1) is 6.08. The highest BCUT2D eigenvalue weighted by atomic mass is 32.2. The lowest BCUT2D eigenvalue weighted by atomic mass is 10.4. The number of ether oxygens (including phenoxy) is 1. The van der Waals surface area contributed by atoms with Gasteiger partial charge in [0.25, 0.3) is 0 Å². The summed E-state index contributed by atoms with van der Waals surface area (Å²) in [7, 11) is -2.20. The molecule has 13 heavy (non-hydrogen) atoms. The predicted molar refractivity (Wildman–Crippen MR) is 47.7 cm³/mol. The quantitative estimate of drug-likeness (QED) is 0.748. The summed E-state index contributed by atoms with van der Waals surface area (Å²) in [6.07, 6.45) is 1.37. The molecule has 0 saturated carbocycles. The van der Waals surface area contributed by atoms with Crippen LogP contribution < -0.4 is 5.73 Å². The van der Waals surface area contributed by atoms with Gasteiger partial charge in [-0.25, -0.2) is 13.4 Å². The SMILES string of the molecule is COCS(=O)(=O)c1ncccc1N. The lowest BCUT2D eigenvalue weighted by Crippen LogP contribution is -2.12. The number of pyridine rings is 1. The Hall–Kier alpha value is -1.14. The molecule has 1 aromatic rings. The highest BCUT2D eigenvalue weighted by Gasteiger charge is 2.18. The van der Waals surface area contributed by atoms with Crippen LogP contribution in [0.4, 0.5) is 5.69 Å². The van der Waals surface area contributed by atoms with Crippen LogP contribution in [0.15, 0.2) is 23.4 Å². The summed E-state index contributed by atoms with van der Waals surface area (Å²) in [5.41, 5.74) is 5.58. The van der Waals surface area contributed by atoms with Crippen molar-refractivity contribution in [1.29, 1.82) is 0 Å². The van der Waals surface area contributed by atoms with Gasteiger partial charge in [0.05, 0.1) is 5.69 Å². The number of sulfone groups is 1. The Bertz CT molecular complexity index is 388. The monoisotopic (exact) mass is 202 g/mol. The maximum atomic E-state index is 11.4. The Kier molecular flexibility index (Phi) is 2.84. The van der Waals surface area contributed by atoms with Gasteiger partial charge in [-0.15, -0.1) is 0 Å². The van der Waals surface area contributed by atoms with Crippen LogP contribution in [0.3, 0.4) is 0 Å². The van der Waals surface area contributed by atoms with Gasteiger partial charge in [-0.1, -0.05) is 0 Å². The van der Waals surface area contributed by atoms with Gasteiger partial charge in [-0.05, 0) is 12.1 Å². The number of nitrogens with zero attached hydrogens (tertiary/aromatic N) is 1. The largest absolute Gasteiger partial charge is 0.396 e. The van der Waals surface area contributed by atoms with E-state index in [4.69, 9.17) is 5.73 Å². The van der Waals surface area contributed by atoms with Crippen LogP contribution >= 0.6 is 0 Å². The average molecular weight is 202 g/mol. The zero-order chi connectivity index (χ0) is 9.90. The zero-order valence-corrected chi connectivity index (χ0v) is 7.91. The first-order valence-electron chi connectivity index (χ1n) is 3.50. The summed E-state index contributed by atoms with van der Waals surface area (Å²) < 4.78 is 27.3. The number of hydrogen-bond donors (Lipinski definition) is 1. The maximum absolute atomic E-state index is 11.4. The van der Waals surface area contributed by atoms with Crippen molar-refractivity contribution < 1.29 is 13.2 Å². The molecule has 1 aromatic heterocycles. The van der Waals surface area contributed by atoms with E-state index >= 15 is 0 Å². The Balaban J connectivity index is 3.15. The van der Waals surface area contributed by atoms with Gasteiger partial charge in [0, 0.05) is 13.3 Å². The highest BCUT2D eigenvalue weighted by Crippen LogP contribution is 2.15. The van der Waals surface area contributed by atoms with E-state index in [9.17, 15) is 8.42 Å². The standard InChI is InChI=1S/C7H10N2O3S/c1-12-5-13(10,11)7-6(8)3-2-4-9-7/h2-4H,5,8H2,1H3. The molecular formula is C7H10N2O3S. The molecule has 0 aliphatic carbocycles. The molecule has 0 aromatic carbocycles. The average Bonchev–Trinajstić information content (AvgIpc) is 2.04. The summed E-state index contributed by atoms with van der Waals surface area (Å²) >= 11 is 0. The topological polar surface area (TPSA) is 82.3 Å². The van der Waals surface area contributed by atoms with E-state index in [2.05, 4.69) is 9.72 Å². The summed E-state index contributed by atoms with van der Waals surface area (Å²) in [6.45, 7) is 0. The van der Waals surface area contributed by atoms with Crippen LogP contribution in [0.5, 0.6) is 0 Å². The predicted octanol–water partition coefficient (Wildman–Crippen LogP) is 0.0414. The number of nitrogen functional groups attached to an aromatic ring is 1. The second kappa shape index (κ2) is 3.71. The fourth-order valence-electron chi connectivity index (χ4n) is 0.874. The van der Waals surface area contributed by atoms with E-state index in [0.29, 0.717) is 0 Å². The van der Waals surface area contributed by atoms with Crippen molar-refractivity contribution in [2.24, 2.45) is 0 Å². The molecule has 0 fully saturated rings. The van der Waals surface area contributed by atoms with E-state index in [1.165, 1.54) is 19.4 Å². The molecule has 0 aliphatic rings. The molecule has 0 radical (unpaired) electrons. The number of anilines is 1. The highest BCUT2D eigenvalue weighted by molar-refractivity contribution is 7.91. The van der Waals surface area contributed by atoms with Crippen molar-refractivity contribution in [1.82, 2.24) is 4.98 Å². The van der Waals surface area contributed by atoms with Crippen LogP contribution in [0.1, 0.15) is 0 Å². The van der Waals surface area contributed by atoms with Crippen LogP contribution in [0.25, 0.3) is 0 Å². The molecule has 72 valence electrons. The van der Waals surface area contributed by atoms with Gasteiger partial charge in [0.1, 0.15) is 0 Å². The van der Waals surface area contributed by atoms with Gasteiger partial charge >= 0.3 is 0 Å². The molecule has 2 N–H and O–H groups in total. The fourth-order valence-corrected chi connectivity index (χ4v) is 1.94. The van der Waals surface area contributed by atoms with E-state index < -0.39 is 15.8 Å².